The van der Waals surface area contributed by atoms with Crippen molar-refractivity contribution in [2.24, 2.45) is 0 Å². The van der Waals surface area contributed by atoms with Crippen LogP contribution in [-0.4, -0.2) is 40.9 Å². The standard InChI is InChI=1S/C25H19F2N9O4/c26-15-10-19-20(30-11-15)18(9-14-5-1-2-7-17(14)27)33-35(19)24-31-22(28)21(23(29)32-24)34(25(37)38)12-13-4-3-6-16(8-13)36(39)40/h1-8,10-11H,9,12H2,(H,37,38)(H4,28,29,31,32). The van der Waals surface area contributed by atoms with Crippen LogP contribution in [-0.2, 0) is 13.0 Å². The van der Waals surface area contributed by atoms with Crippen molar-refractivity contribution in [3.8, 4) is 5.95 Å². The van der Waals surface area contributed by atoms with Gasteiger partial charge in [0.1, 0.15) is 22.8 Å². The molecule has 0 bridgehead atoms. The number of carboxylic acid groups (broad SMARTS) is 1. The molecule has 1 amide bonds. The van der Waals surface area contributed by atoms with E-state index in [9.17, 15) is 28.8 Å². The van der Waals surface area contributed by atoms with E-state index in [1.54, 1.807) is 18.2 Å². The summed E-state index contributed by atoms with van der Waals surface area (Å²) < 4.78 is 29.6. The number of amides is 1. The molecule has 0 spiro atoms. The summed E-state index contributed by atoms with van der Waals surface area (Å²) in [6.45, 7) is -0.346. The third-order valence-corrected chi connectivity index (χ3v) is 5.95. The quantitative estimate of drug-likeness (QED) is 0.199. The van der Waals surface area contributed by atoms with Gasteiger partial charge in [0.2, 0.25) is 0 Å². The van der Waals surface area contributed by atoms with Crippen molar-refractivity contribution < 1.29 is 23.6 Å². The summed E-state index contributed by atoms with van der Waals surface area (Å²) in [6, 6.07) is 12.6. The van der Waals surface area contributed by atoms with Crippen LogP contribution in [0.3, 0.4) is 0 Å². The molecule has 0 saturated carbocycles. The summed E-state index contributed by atoms with van der Waals surface area (Å²) >= 11 is 0. The predicted molar refractivity (Wildman–Crippen MR) is 140 cm³/mol. The number of hydrogen-bond acceptors (Lipinski definition) is 9. The minimum Gasteiger partial charge on any atom is -0.465 e. The first-order valence-corrected chi connectivity index (χ1v) is 11.6. The number of nitro benzene ring substituents is 1. The lowest BCUT2D eigenvalue weighted by Gasteiger charge is -2.22. The van der Waals surface area contributed by atoms with Gasteiger partial charge >= 0.3 is 6.09 Å². The molecule has 202 valence electrons. The van der Waals surface area contributed by atoms with Crippen molar-refractivity contribution >= 4 is 40.1 Å². The average Bonchev–Trinajstić information content (AvgIpc) is 3.26. The summed E-state index contributed by atoms with van der Waals surface area (Å²) in [5.74, 6) is -2.05. The van der Waals surface area contributed by atoms with Crippen molar-refractivity contribution in [3.05, 3.63) is 99.4 Å². The van der Waals surface area contributed by atoms with Crippen LogP contribution < -0.4 is 16.4 Å². The highest BCUT2D eigenvalue weighted by molar-refractivity contribution is 5.94. The molecule has 0 aliphatic rings. The van der Waals surface area contributed by atoms with E-state index in [4.69, 9.17) is 11.5 Å². The number of nitrogens with zero attached hydrogens (tertiary/aromatic N) is 7. The maximum Gasteiger partial charge on any atom is 0.412 e. The Balaban J connectivity index is 1.57. The van der Waals surface area contributed by atoms with Gasteiger partial charge in [0.15, 0.2) is 11.6 Å². The van der Waals surface area contributed by atoms with Gasteiger partial charge in [-0.3, -0.25) is 15.0 Å². The number of benzene rings is 2. The average molecular weight is 547 g/mol. The number of aromatic nitrogens is 5. The fourth-order valence-corrected chi connectivity index (χ4v) is 4.17. The molecule has 0 atom stereocenters. The highest BCUT2D eigenvalue weighted by atomic mass is 19.1. The van der Waals surface area contributed by atoms with Crippen molar-refractivity contribution in [1.29, 1.82) is 0 Å². The Morgan fingerprint density at radius 3 is 2.48 bits per heavy atom. The van der Waals surface area contributed by atoms with Gasteiger partial charge in [0, 0.05) is 24.6 Å². The first kappa shape index (κ1) is 25.9. The van der Waals surface area contributed by atoms with Crippen molar-refractivity contribution in [2.75, 3.05) is 16.4 Å². The van der Waals surface area contributed by atoms with Crippen molar-refractivity contribution in [1.82, 2.24) is 24.7 Å². The number of nitro groups is 1. The number of rotatable bonds is 7. The van der Waals surface area contributed by atoms with E-state index in [0.717, 1.165) is 21.8 Å². The highest BCUT2D eigenvalue weighted by Gasteiger charge is 2.25. The maximum atomic E-state index is 14.3. The Labute approximate surface area is 223 Å². The molecule has 0 radical (unpaired) electrons. The lowest BCUT2D eigenvalue weighted by Crippen LogP contribution is -2.31. The first-order chi connectivity index (χ1) is 19.1. The van der Waals surface area contributed by atoms with E-state index < -0.39 is 22.7 Å². The Hall–Kier alpha value is -5.73. The number of nitrogen functional groups attached to an aromatic ring is 2. The largest absolute Gasteiger partial charge is 0.465 e. The fraction of sp³-hybridized carbons (Fsp3) is 0.0800. The number of non-ortho nitro benzene ring substituents is 1. The zero-order chi connectivity index (χ0) is 28.6. The van der Waals surface area contributed by atoms with Gasteiger partial charge in [0.05, 0.1) is 28.9 Å². The van der Waals surface area contributed by atoms with E-state index in [1.165, 1.54) is 30.3 Å². The number of pyridine rings is 1. The SMILES string of the molecule is Nc1nc(-n2nc(Cc3ccccc3F)c3ncc(F)cc32)nc(N)c1N(Cc1cccc([N+](=O)[O-])c1)C(=O)O. The normalized spacial score (nSPS) is 11.1. The third-order valence-electron chi connectivity index (χ3n) is 5.95. The van der Waals surface area contributed by atoms with Crippen LogP contribution in [0.2, 0.25) is 0 Å². The Kier molecular flexibility index (Phi) is 6.61. The molecule has 2 aromatic carbocycles. The molecular formula is C25H19F2N9O4. The first-order valence-electron chi connectivity index (χ1n) is 11.6. The molecule has 5 N–H and O–H groups in total. The number of hydrogen-bond donors (Lipinski definition) is 3. The fourth-order valence-electron chi connectivity index (χ4n) is 4.17. The highest BCUT2D eigenvalue weighted by Crippen LogP contribution is 2.31. The Bertz CT molecular complexity index is 1770. The van der Waals surface area contributed by atoms with Gasteiger partial charge in [0.25, 0.3) is 11.6 Å². The minimum atomic E-state index is -1.47. The van der Waals surface area contributed by atoms with Crippen LogP contribution >= 0.6 is 0 Å². The molecule has 5 rings (SSSR count). The third kappa shape index (κ3) is 4.90. The predicted octanol–water partition coefficient (Wildman–Crippen LogP) is 3.84. The number of carbonyl (C=O) groups is 1. The number of nitrogens with two attached hydrogens (primary N) is 2. The summed E-state index contributed by atoms with van der Waals surface area (Å²) in [7, 11) is 0. The summed E-state index contributed by atoms with van der Waals surface area (Å²) in [6.07, 6.45) is -0.456. The summed E-state index contributed by atoms with van der Waals surface area (Å²) in [5.41, 5.74) is 13.1. The molecular weight excluding hydrogens is 528 g/mol. The number of anilines is 3. The lowest BCUT2D eigenvalue weighted by molar-refractivity contribution is -0.384. The van der Waals surface area contributed by atoms with Gasteiger partial charge in [-0.2, -0.15) is 19.7 Å². The van der Waals surface area contributed by atoms with Crippen LogP contribution in [0.25, 0.3) is 17.0 Å². The second-order valence-corrected chi connectivity index (χ2v) is 8.59. The zero-order valence-electron chi connectivity index (χ0n) is 20.4. The van der Waals surface area contributed by atoms with E-state index in [-0.39, 0.29) is 58.5 Å². The molecule has 0 fully saturated rings. The van der Waals surface area contributed by atoms with Gasteiger partial charge in [-0.05, 0) is 17.2 Å². The van der Waals surface area contributed by atoms with Crippen LogP contribution in [0.1, 0.15) is 16.8 Å². The molecule has 3 heterocycles. The minimum absolute atomic E-state index is 0.0217. The van der Waals surface area contributed by atoms with Gasteiger partial charge < -0.3 is 16.6 Å². The van der Waals surface area contributed by atoms with Gasteiger partial charge in [-0.25, -0.2) is 18.6 Å². The van der Waals surface area contributed by atoms with Crippen LogP contribution in [0, 0.1) is 21.7 Å². The molecule has 40 heavy (non-hydrogen) atoms. The number of fused-ring (bicyclic) bond motifs is 1. The zero-order valence-corrected chi connectivity index (χ0v) is 20.4. The molecule has 0 aliphatic carbocycles. The molecule has 15 heteroatoms. The van der Waals surface area contributed by atoms with Crippen LogP contribution in [0.4, 0.5) is 36.6 Å². The van der Waals surface area contributed by atoms with Crippen LogP contribution in [0.15, 0.2) is 60.8 Å². The number of halogens is 2. The monoisotopic (exact) mass is 547 g/mol. The van der Waals surface area contributed by atoms with Gasteiger partial charge in [-0.1, -0.05) is 30.3 Å². The molecule has 3 aromatic heterocycles. The Morgan fingerprint density at radius 2 is 1.80 bits per heavy atom. The molecule has 0 saturated heterocycles. The van der Waals surface area contributed by atoms with E-state index in [0.29, 0.717) is 11.3 Å². The summed E-state index contributed by atoms with van der Waals surface area (Å²) in [5, 5.41) is 25.4. The van der Waals surface area contributed by atoms with E-state index in [1.807, 2.05) is 0 Å². The molecule has 0 aliphatic heterocycles. The topological polar surface area (TPSA) is 192 Å². The van der Waals surface area contributed by atoms with E-state index >= 15 is 0 Å². The smallest absolute Gasteiger partial charge is 0.412 e. The Morgan fingerprint density at radius 1 is 1.07 bits per heavy atom. The van der Waals surface area contributed by atoms with Crippen molar-refractivity contribution in [3.63, 3.8) is 0 Å². The van der Waals surface area contributed by atoms with E-state index in [2.05, 4.69) is 20.1 Å². The summed E-state index contributed by atoms with van der Waals surface area (Å²) in [4.78, 5) is 35.8. The second kappa shape index (κ2) is 10.2. The van der Waals surface area contributed by atoms with Crippen molar-refractivity contribution in [2.45, 2.75) is 13.0 Å². The van der Waals surface area contributed by atoms with Crippen LogP contribution in [0.5, 0.6) is 0 Å². The molecule has 0 unspecified atom stereocenters. The van der Waals surface area contributed by atoms with Gasteiger partial charge in [-0.15, -0.1) is 0 Å². The molecule has 5 aromatic rings. The lowest BCUT2D eigenvalue weighted by atomic mass is 10.1. The molecule has 13 nitrogen and oxygen atoms in total. The second-order valence-electron chi connectivity index (χ2n) is 8.59. The maximum absolute atomic E-state index is 14.3.